The molecule has 4 aromatic rings. The van der Waals surface area contributed by atoms with E-state index in [4.69, 9.17) is 0 Å². The zero-order valence-electron chi connectivity index (χ0n) is 21.2. The first kappa shape index (κ1) is 24.5. The molecule has 0 bridgehead atoms. The van der Waals surface area contributed by atoms with Crippen LogP contribution < -0.4 is 16.6 Å². The summed E-state index contributed by atoms with van der Waals surface area (Å²) in [6.07, 6.45) is 3.35. The lowest BCUT2D eigenvalue weighted by atomic mass is 10.0. The number of aromatic nitrogens is 4. The fourth-order valence-electron chi connectivity index (χ4n) is 5.36. The van der Waals surface area contributed by atoms with Crippen molar-refractivity contribution in [2.75, 3.05) is 18.4 Å². The van der Waals surface area contributed by atoms with Crippen LogP contribution in [0.3, 0.4) is 0 Å². The lowest BCUT2D eigenvalue weighted by Crippen LogP contribution is -2.41. The maximum absolute atomic E-state index is 13.6. The Morgan fingerprint density at radius 2 is 1.73 bits per heavy atom. The minimum absolute atomic E-state index is 0.0622. The minimum atomic E-state index is -0.219. The van der Waals surface area contributed by atoms with Crippen LogP contribution >= 0.6 is 0 Å². The van der Waals surface area contributed by atoms with Gasteiger partial charge in [-0.25, -0.2) is 9.78 Å². The van der Waals surface area contributed by atoms with Gasteiger partial charge in [0.05, 0.1) is 39.5 Å². The van der Waals surface area contributed by atoms with Gasteiger partial charge in [-0.2, -0.15) is 0 Å². The van der Waals surface area contributed by atoms with Crippen LogP contribution in [-0.2, 0) is 17.9 Å². The highest BCUT2D eigenvalue weighted by atomic mass is 16.2. The maximum atomic E-state index is 13.6. The molecule has 10 nitrogen and oxygen atoms in total. The first-order chi connectivity index (χ1) is 17.9. The van der Waals surface area contributed by atoms with Crippen LogP contribution in [0.2, 0.25) is 0 Å². The van der Waals surface area contributed by atoms with Gasteiger partial charge in [-0.3, -0.25) is 28.1 Å². The van der Waals surface area contributed by atoms with Crippen molar-refractivity contribution >= 4 is 39.9 Å². The Balaban J connectivity index is 1.44. The lowest BCUT2D eigenvalue weighted by molar-refractivity contribution is -0.105. The van der Waals surface area contributed by atoms with Gasteiger partial charge in [0, 0.05) is 32.2 Å². The summed E-state index contributed by atoms with van der Waals surface area (Å²) >= 11 is 0. The molecule has 2 aromatic carbocycles. The first-order valence-corrected chi connectivity index (χ1v) is 12.6. The van der Waals surface area contributed by atoms with Crippen molar-refractivity contribution in [2.24, 2.45) is 0 Å². The number of benzene rings is 2. The number of imidazole rings is 1. The fourth-order valence-corrected chi connectivity index (χ4v) is 5.36. The number of nitrogens with one attached hydrogen (secondary N) is 1. The van der Waals surface area contributed by atoms with Gasteiger partial charge in [0.2, 0.25) is 6.41 Å². The monoisotopic (exact) mass is 502 g/mol. The highest BCUT2D eigenvalue weighted by Gasteiger charge is 2.28. The molecule has 0 radical (unpaired) electrons. The third-order valence-corrected chi connectivity index (χ3v) is 7.32. The quantitative estimate of drug-likeness (QED) is 0.408. The highest BCUT2D eigenvalue weighted by molar-refractivity contribution is 6.05. The van der Waals surface area contributed by atoms with E-state index in [1.165, 1.54) is 0 Å². The Labute approximate surface area is 213 Å². The van der Waals surface area contributed by atoms with Gasteiger partial charge in [-0.1, -0.05) is 11.6 Å². The van der Waals surface area contributed by atoms with Crippen LogP contribution in [0.1, 0.15) is 48.7 Å². The number of amides is 2. The number of hydrogen-bond donors (Lipinski definition) is 1. The van der Waals surface area contributed by atoms with Crippen molar-refractivity contribution in [3.05, 3.63) is 68.6 Å². The molecular formula is C27H30N6O4. The van der Waals surface area contributed by atoms with E-state index < -0.39 is 0 Å². The van der Waals surface area contributed by atoms with Gasteiger partial charge < -0.3 is 10.2 Å². The first-order valence-electron chi connectivity index (χ1n) is 12.6. The molecule has 2 aromatic heterocycles. The van der Waals surface area contributed by atoms with E-state index in [9.17, 15) is 19.2 Å². The van der Waals surface area contributed by atoms with Crippen LogP contribution in [-0.4, -0.2) is 49.0 Å². The summed E-state index contributed by atoms with van der Waals surface area (Å²) in [7, 11) is 0. The van der Waals surface area contributed by atoms with Gasteiger partial charge in [-0.05, 0) is 57.9 Å². The maximum Gasteiger partial charge on any atom is 0.329 e. The molecule has 192 valence electrons. The number of likely N-dealkylation sites (tertiary alicyclic amines) is 1. The van der Waals surface area contributed by atoms with Gasteiger partial charge >= 0.3 is 5.69 Å². The molecule has 0 atom stereocenters. The normalized spacial score (nSPS) is 14.4. The third kappa shape index (κ3) is 4.12. The van der Waals surface area contributed by atoms with Crippen molar-refractivity contribution in [3.63, 3.8) is 0 Å². The molecule has 37 heavy (non-hydrogen) atoms. The molecule has 0 saturated carbocycles. The number of fused-ring (bicyclic) bond motifs is 2. The molecule has 10 heteroatoms. The second kappa shape index (κ2) is 9.68. The number of carbonyl (C=O) groups is 2. The molecule has 0 unspecified atom stereocenters. The summed E-state index contributed by atoms with van der Waals surface area (Å²) < 4.78 is 4.95. The number of hydrogen-bond acceptors (Lipinski definition) is 5. The summed E-state index contributed by atoms with van der Waals surface area (Å²) in [5.41, 5.74) is 3.51. The molecule has 1 fully saturated rings. The van der Waals surface area contributed by atoms with Crippen LogP contribution in [0.25, 0.3) is 21.9 Å². The van der Waals surface area contributed by atoms with E-state index in [-0.39, 0.29) is 23.2 Å². The van der Waals surface area contributed by atoms with Gasteiger partial charge in [0.1, 0.15) is 0 Å². The number of rotatable bonds is 6. The Hall–Kier alpha value is -4.21. The Bertz CT molecular complexity index is 1640. The number of carbonyl (C=O) groups excluding carboxylic acids is 2. The number of aryl methyl sites for hydroxylation is 3. The Morgan fingerprint density at radius 3 is 2.38 bits per heavy atom. The average molecular weight is 503 g/mol. The topological polar surface area (TPSA) is 111 Å². The third-order valence-electron chi connectivity index (χ3n) is 7.32. The zero-order valence-corrected chi connectivity index (χ0v) is 21.2. The fraction of sp³-hybridized carbons (Fsp3) is 0.370. The van der Waals surface area contributed by atoms with E-state index in [2.05, 4.69) is 10.3 Å². The minimum Gasteiger partial charge on any atom is -0.338 e. The molecule has 1 N–H and O–H groups in total. The molecule has 5 rings (SSSR count). The van der Waals surface area contributed by atoms with E-state index >= 15 is 0 Å². The van der Waals surface area contributed by atoms with Gasteiger partial charge in [0.15, 0.2) is 0 Å². The van der Waals surface area contributed by atoms with E-state index in [0.29, 0.717) is 78.6 Å². The molecule has 1 saturated heterocycles. The van der Waals surface area contributed by atoms with Crippen molar-refractivity contribution in [1.29, 1.82) is 0 Å². The standard InChI is InChI=1S/C27H30N6O4/c1-4-31-23-13-20(22(29-16-34)14-24(23)32(5-2)27(31)37)25(35)30-10-8-18(9-11-30)33-15-28-21-7-6-17(3)12-19(21)26(33)36/h6-7,12-16,18H,4-5,8-11H2,1-3H3,(H,29,34). The molecule has 1 aliphatic rings. The highest BCUT2D eigenvalue weighted by Crippen LogP contribution is 2.28. The smallest absolute Gasteiger partial charge is 0.329 e. The molecule has 2 amide bonds. The average Bonchev–Trinajstić information content (AvgIpc) is 3.17. The summed E-state index contributed by atoms with van der Waals surface area (Å²) in [5, 5.41) is 3.24. The van der Waals surface area contributed by atoms with Crippen molar-refractivity contribution in [3.8, 4) is 0 Å². The second-order valence-corrected chi connectivity index (χ2v) is 9.42. The summed E-state index contributed by atoms with van der Waals surface area (Å²) in [6.45, 7) is 7.57. The molecule has 3 heterocycles. The van der Waals surface area contributed by atoms with E-state index in [1.54, 1.807) is 37.1 Å². The van der Waals surface area contributed by atoms with Crippen LogP contribution in [0, 0.1) is 6.92 Å². The Morgan fingerprint density at radius 1 is 1.05 bits per heavy atom. The van der Waals surface area contributed by atoms with E-state index in [0.717, 1.165) is 5.56 Å². The summed E-state index contributed by atoms with van der Waals surface area (Å²) in [4.78, 5) is 57.1. The molecule has 0 aliphatic carbocycles. The molecule has 1 aliphatic heterocycles. The van der Waals surface area contributed by atoms with Crippen LogP contribution in [0.5, 0.6) is 0 Å². The second-order valence-electron chi connectivity index (χ2n) is 9.42. The predicted molar refractivity (Wildman–Crippen MR) is 142 cm³/mol. The zero-order chi connectivity index (χ0) is 26.3. The number of anilines is 1. The SMILES string of the molecule is CCn1c(=O)n(CC)c2cc(C(=O)N3CCC(n4cnc5ccc(C)cc5c4=O)CC3)c(NC=O)cc21. The van der Waals surface area contributed by atoms with Crippen LogP contribution in [0.15, 0.2) is 46.2 Å². The Kier molecular flexibility index (Phi) is 6.41. The largest absolute Gasteiger partial charge is 0.338 e. The lowest BCUT2D eigenvalue weighted by Gasteiger charge is -2.33. The van der Waals surface area contributed by atoms with Crippen molar-refractivity contribution < 1.29 is 9.59 Å². The summed E-state index contributed by atoms with van der Waals surface area (Å²) in [6, 6.07) is 8.99. The van der Waals surface area contributed by atoms with Crippen LogP contribution in [0.4, 0.5) is 5.69 Å². The summed E-state index contributed by atoms with van der Waals surface area (Å²) in [5.74, 6) is -0.219. The van der Waals surface area contributed by atoms with Gasteiger partial charge in [0.25, 0.3) is 11.5 Å². The van der Waals surface area contributed by atoms with Crippen molar-refractivity contribution in [1.82, 2.24) is 23.6 Å². The number of nitrogens with zero attached hydrogens (tertiary/aromatic N) is 5. The van der Waals surface area contributed by atoms with Gasteiger partial charge in [-0.15, -0.1) is 0 Å². The van der Waals surface area contributed by atoms with Crippen molar-refractivity contribution in [2.45, 2.75) is 52.7 Å². The molecule has 0 spiro atoms. The predicted octanol–water partition coefficient (Wildman–Crippen LogP) is 2.91. The van der Waals surface area contributed by atoms with E-state index in [1.807, 2.05) is 39.0 Å². The number of piperidine rings is 1. The molecular weight excluding hydrogens is 472 g/mol.